The molecule has 0 spiro atoms. The molecule has 1 atom stereocenters. The second-order valence-electron chi connectivity index (χ2n) is 7.32. The molecule has 29 heavy (non-hydrogen) atoms. The lowest BCUT2D eigenvalue weighted by atomic mass is 10.1. The molecule has 1 aromatic heterocycles. The highest BCUT2D eigenvalue weighted by Gasteiger charge is 2.35. The van der Waals surface area contributed by atoms with E-state index >= 15 is 0 Å². The van der Waals surface area contributed by atoms with Crippen molar-refractivity contribution in [2.75, 3.05) is 44.8 Å². The van der Waals surface area contributed by atoms with Crippen LogP contribution in [-0.2, 0) is 9.84 Å². The molecule has 0 saturated carbocycles. The largest absolute Gasteiger partial charge is 0.481 e. The number of hydrogen-bond donors (Lipinski definition) is 0. The zero-order chi connectivity index (χ0) is 21.0. The van der Waals surface area contributed by atoms with Gasteiger partial charge >= 0.3 is 0 Å². The lowest BCUT2D eigenvalue weighted by Gasteiger charge is -2.30. The Morgan fingerprint density at radius 3 is 2.55 bits per heavy atom. The van der Waals surface area contributed by atoms with Crippen LogP contribution >= 0.6 is 0 Å². The van der Waals surface area contributed by atoms with Crippen LogP contribution in [0, 0.1) is 0 Å². The SMILES string of the molecule is CCN(CC)CCN(C(=O)c1cc2ccccc2c(OC)n1)[C@H]1CCS(=O)(=O)C1. The van der Waals surface area contributed by atoms with Gasteiger partial charge < -0.3 is 14.5 Å². The topological polar surface area (TPSA) is 79.8 Å². The molecule has 0 N–H and O–H groups in total. The van der Waals surface area contributed by atoms with Gasteiger partial charge in [0.05, 0.1) is 18.6 Å². The number of pyridine rings is 1. The number of sulfone groups is 1. The van der Waals surface area contributed by atoms with Crippen LogP contribution in [0.4, 0.5) is 0 Å². The van der Waals surface area contributed by atoms with E-state index in [0.29, 0.717) is 25.4 Å². The summed E-state index contributed by atoms with van der Waals surface area (Å²) in [6.07, 6.45) is 0.469. The fourth-order valence-corrected chi connectivity index (χ4v) is 5.57. The summed E-state index contributed by atoms with van der Waals surface area (Å²) in [5, 5.41) is 1.70. The normalized spacial score (nSPS) is 18.3. The molecule has 2 aromatic rings. The first-order valence-electron chi connectivity index (χ1n) is 10.1. The quantitative estimate of drug-likeness (QED) is 0.653. The molecule has 1 aliphatic heterocycles. The fourth-order valence-electron chi connectivity index (χ4n) is 3.84. The zero-order valence-electron chi connectivity index (χ0n) is 17.3. The van der Waals surface area contributed by atoms with Crippen molar-refractivity contribution >= 4 is 26.5 Å². The number of benzene rings is 1. The van der Waals surface area contributed by atoms with E-state index in [1.165, 1.54) is 7.11 Å². The number of fused-ring (bicyclic) bond motifs is 1. The third-order valence-electron chi connectivity index (χ3n) is 5.58. The lowest BCUT2D eigenvalue weighted by molar-refractivity contribution is 0.0667. The molecule has 3 rings (SSSR count). The number of aromatic nitrogens is 1. The van der Waals surface area contributed by atoms with Crippen LogP contribution in [0.25, 0.3) is 10.8 Å². The Hall–Kier alpha value is -2.19. The Morgan fingerprint density at radius 1 is 1.21 bits per heavy atom. The van der Waals surface area contributed by atoms with Gasteiger partial charge in [-0.15, -0.1) is 0 Å². The Morgan fingerprint density at radius 2 is 1.93 bits per heavy atom. The molecule has 1 aromatic carbocycles. The van der Waals surface area contributed by atoms with Crippen LogP contribution in [0.3, 0.4) is 0 Å². The average Bonchev–Trinajstić information content (AvgIpc) is 3.09. The Kier molecular flexibility index (Phi) is 6.74. The van der Waals surface area contributed by atoms with Gasteiger partial charge in [-0.2, -0.15) is 0 Å². The van der Waals surface area contributed by atoms with Crippen molar-refractivity contribution in [1.29, 1.82) is 0 Å². The summed E-state index contributed by atoms with van der Waals surface area (Å²) in [7, 11) is -1.57. The van der Waals surface area contributed by atoms with E-state index in [4.69, 9.17) is 4.74 Å². The third kappa shape index (κ3) is 4.87. The number of carbonyl (C=O) groups excluding carboxylic acids is 1. The van der Waals surface area contributed by atoms with E-state index in [2.05, 4.69) is 23.7 Å². The van der Waals surface area contributed by atoms with Crippen LogP contribution in [0.1, 0.15) is 30.8 Å². The van der Waals surface area contributed by atoms with Gasteiger partial charge in [0, 0.05) is 24.5 Å². The number of amides is 1. The molecule has 8 heteroatoms. The summed E-state index contributed by atoms with van der Waals surface area (Å²) in [6, 6.07) is 9.05. The van der Waals surface area contributed by atoms with Gasteiger partial charge in [0.15, 0.2) is 9.84 Å². The summed E-state index contributed by atoms with van der Waals surface area (Å²) in [5.41, 5.74) is 0.282. The molecular weight excluding hydrogens is 390 g/mol. The van der Waals surface area contributed by atoms with Gasteiger partial charge in [-0.05, 0) is 37.0 Å². The minimum absolute atomic E-state index is 0.0156. The monoisotopic (exact) mass is 419 g/mol. The van der Waals surface area contributed by atoms with Crippen molar-refractivity contribution in [3.8, 4) is 5.88 Å². The van der Waals surface area contributed by atoms with Crippen LogP contribution in [-0.4, -0.2) is 79.9 Å². The van der Waals surface area contributed by atoms with E-state index in [9.17, 15) is 13.2 Å². The van der Waals surface area contributed by atoms with E-state index < -0.39 is 9.84 Å². The summed E-state index contributed by atoms with van der Waals surface area (Å²) >= 11 is 0. The first kappa shape index (κ1) is 21.5. The third-order valence-corrected chi connectivity index (χ3v) is 7.33. The molecule has 0 radical (unpaired) electrons. The Bertz CT molecular complexity index is 973. The maximum atomic E-state index is 13.4. The molecule has 0 aliphatic carbocycles. The van der Waals surface area contributed by atoms with Crippen LogP contribution in [0.2, 0.25) is 0 Å². The maximum Gasteiger partial charge on any atom is 0.272 e. The lowest BCUT2D eigenvalue weighted by Crippen LogP contribution is -2.45. The van der Waals surface area contributed by atoms with Crippen LogP contribution in [0.5, 0.6) is 5.88 Å². The van der Waals surface area contributed by atoms with Crippen LogP contribution in [0.15, 0.2) is 30.3 Å². The molecule has 7 nitrogen and oxygen atoms in total. The van der Waals surface area contributed by atoms with Gasteiger partial charge in [0.25, 0.3) is 5.91 Å². The number of carbonyl (C=O) groups is 1. The highest BCUT2D eigenvalue weighted by Crippen LogP contribution is 2.26. The van der Waals surface area contributed by atoms with Gasteiger partial charge in [-0.1, -0.05) is 32.0 Å². The number of likely N-dealkylation sites (N-methyl/N-ethyl adjacent to an activating group) is 1. The van der Waals surface area contributed by atoms with E-state index in [0.717, 1.165) is 23.9 Å². The smallest absolute Gasteiger partial charge is 0.272 e. The van der Waals surface area contributed by atoms with Crippen molar-refractivity contribution in [1.82, 2.24) is 14.8 Å². The van der Waals surface area contributed by atoms with E-state index in [-0.39, 0.29) is 29.1 Å². The van der Waals surface area contributed by atoms with E-state index in [1.807, 2.05) is 24.3 Å². The first-order valence-corrected chi connectivity index (χ1v) is 11.9. The van der Waals surface area contributed by atoms with Gasteiger partial charge in [-0.25, -0.2) is 13.4 Å². The van der Waals surface area contributed by atoms with Crippen molar-refractivity contribution < 1.29 is 17.9 Å². The predicted octanol–water partition coefficient (Wildman–Crippen LogP) is 2.21. The van der Waals surface area contributed by atoms with Gasteiger partial charge in [0.2, 0.25) is 5.88 Å². The maximum absolute atomic E-state index is 13.4. The van der Waals surface area contributed by atoms with Crippen molar-refractivity contribution in [2.24, 2.45) is 0 Å². The molecule has 1 saturated heterocycles. The second kappa shape index (κ2) is 9.09. The molecule has 1 aliphatic rings. The minimum Gasteiger partial charge on any atom is -0.481 e. The molecule has 1 amide bonds. The fraction of sp³-hybridized carbons (Fsp3) is 0.524. The van der Waals surface area contributed by atoms with Crippen molar-refractivity contribution in [3.63, 3.8) is 0 Å². The predicted molar refractivity (Wildman–Crippen MR) is 114 cm³/mol. The summed E-state index contributed by atoms with van der Waals surface area (Å²) in [6.45, 7) is 7.07. The number of ether oxygens (including phenoxy) is 1. The molecule has 0 bridgehead atoms. The standard InChI is InChI=1S/C21H29N3O4S/c1-4-23(5-2)11-12-24(17-10-13-29(26,27)15-17)21(25)19-14-16-8-6-7-9-18(16)20(22-19)28-3/h6-9,14,17H,4-5,10-13,15H2,1-3H3/t17-/m0/s1. The summed E-state index contributed by atoms with van der Waals surface area (Å²) in [5.74, 6) is 0.292. The van der Waals surface area contributed by atoms with Crippen molar-refractivity contribution in [3.05, 3.63) is 36.0 Å². The summed E-state index contributed by atoms with van der Waals surface area (Å²) < 4.78 is 29.5. The molecule has 2 heterocycles. The second-order valence-corrected chi connectivity index (χ2v) is 9.55. The average molecular weight is 420 g/mol. The van der Waals surface area contributed by atoms with E-state index in [1.54, 1.807) is 11.0 Å². The minimum atomic E-state index is -3.11. The van der Waals surface area contributed by atoms with Crippen LogP contribution < -0.4 is 4.74 Å². The molecular formula is C21H29N3O4S. The molecule has 0 unspecified atom stereocenters. The Balaban J connectivity index is 1.94. The number of rotatable bonds is 8. The van der Waals surface area contributed by atoms with Crippen molar-refractivity contribution in [2.45, 2.75) is 26.3 Å². The van der Waals surface area contributed by atoms with Gasteiger partial charge in [0.1, 0.15) is 5.69 Å². The first-order chi connectivity index (χ1) is 13.9. The molecule has 1 fully saturated rings. The molecule has 158 valence electrons. The number of nitrogens with zero attached hydrogens (tertiary/aromatic N) is 3. The zero-order valence-corrected chi connectivity index (χ0v) is 18.1. The van der Waals surface area contributed by atoms with Gasteiger partial charge in [-0.3, -0.25) is 4.79 Å². The highest BCUT2D eigenvalue weighted by atomic mass is 32.2. The highest BCUT2D eigenvalue weighted by molar-refractivity contribution is 7.91. The number of methoxy groups -OCH3 is 1. The summed E-state index contributed by atoms with van der Waals surface area (Å²) in [4.78, 5) is 21.8. The Labute approximate surface area is 172 Å². The number of hydrogen-bond acceptors (Lipinski definition) is 6.